The van der Waals surface area contributed by atoms with Gasteiger partial charge in [-0.3, -0.25) is 4.79 Å². The molecule has 0 saturated heterocycles. The Balaban J connectivity index is 2.82. The molecule has 0 aliphatic heterocycles. The van der Waals surface area contributed by atoms with Crippen molar-refractivity contribution in [3.8, 4) is 0 Å². The molecule has 13 heavy (non-hydrogen) atoms. The maximum absolute atomic E-state index is 11.0. The summed E-state index contributed by atoms with van der Waals surface area (Å²) in [5, 5.41) is 6.22. The van der Waals surface area contributed by atoms with Crippen LogP contribution >= 0.6 is 0 Å². The molecule has 0 fully saturated rings. The molecule has 0 aromatic carbocycles. The minimum absolute atomic E-state index is 0.197. The number of aromatic nitrogens is 1. The van der Waals surface area contributed by atoms with E-state index in [0.29, 0.717) is 11.4 Å². The van der Waals surface area contributed by atoms with Gasteiger partial charge in [-0.2, -0.15) is 0 Å². The van der Waals surface area contributed by atoms with Crippen molar-refractivity contribution in [1.82, 2.24) is 5.16 Å². The fourth-order valence-corrected chi connectivity index (χ4v) is 0.943. The summed E-state index contributed by atoms with van der Waals surface area (Å²) in [4.78, 5) is 11.0. The Morgan fingerprint density at radius 1 is 1.77 bits per heavy atom. The van der Waals surface area contributed by atoms with Crippen molar-refractivity contribution < 1.29 is 9.32 Å². The summed E-state index contributed by atoms with van der Waals surface area (Å²) in [6.07, 6.45) is 2.69. The zero-order valence-electron chi connectivity index (χ0n) is 7.70. The van der Waals surface area contributed by atoms with Gasteiger partial charge in [-0.25, -0.2) is 0 Å². The number of nitrogens with zero attached hydrogens (tertiary/aromatic N) is 1. The first-order valence-electron chi connectivity index (χ1n) is 4.03. The highest BCUT2D eigenvalue weighted by atomic mass is 16.5. The zero-order valence-corrected chi connectivity index (χ0v) is 7.70. The van der Waals surface area contributed by atoms with E-state index in [1.807, 2.05) is 13.8 Å². The number of carbonyl (C=O) groups excluding carboxylic acids is 1. The molecule has 70 valence electrons. The Bertz CT molecular complexity index is 315. The number of carbonyl (C=O) groups is 1. The molecule has 1 aromatic heterocycles. The largest absolute Gasteiger partial charge is 0.359 e. The van der Waals surface area contributed by atoms with E-state index in [9.17, 15) is 4.79 Å². The molecule has 0 saturated carbocycles. The smallest absolute Gasteiger partial charge is 0.247 e. The van der Waals surface area contributed by atoms with Crippen LogP contribution in [0.5, 0.6) is 0 Å². The molecular weight excluding hydrogens is 168 g/mol. The quantitative estimate of drug-likeness (QED) is 0.723. The van der Waals surface area contributed by atoms with E-state index in [-0.39, 0.29) is 11.8 Å². The third-order valence-electron chi connectivity index (χ3n) is 1.57. The minimum Gasteiger partial charge on any atom is -0.359 e. The average molecular weight is 180 g/mol. The Hall–Kier alpha value is -1.58. The predicted molar refractivity (Wildman–Crippen MR) is 49.4 cm³/mol. The van der Waals surface area contributed by atoms with E-state index in [1.165, 1.54) is 12.3 Å². The summed E-state index contributed by atoms with van der Waals surface area (Å²) < 4.78 is 4.97. The SMILES string of the molecule is C=CC(=O)Nc1cnoc1C(C)C. The summed E-state index contributed by atoms with van der Waals surface area (Å²) in [6.45, 7) is 7.28. The number of rotatable bonds is 3. The van der Waals surface area contributed by atoms with Crippen LogP contribution in [0, 0.1) is 0 Å². The summed E-state index contributed by atoms with van der Waals surface area (Å²) in [7, 11) is 0. The van der Waals surface area contributed by atoms with Crippen molar-refractivity contribution in [3.05, 3.63) is 24.6 Å². The van der Waals surface area contributed by atoms with Gasteiger partial charge in [0.25, 0.3) is 0 Å². The average Bonchev–Trinajstić information content (AvgIpc) is 2.52. The van der Waals surface area contributed by atoms with Crippen molar-refractivity contribution in [1.29, 1.82) is 0 Å². The van der Waals surface area contributed by atoms with Gasteiger partial charge in [-0.15, -0.1) is 0 Å². The molecule has 1 amide bonds. The summed E-state index contributed by atoms with van der Waals surface area (Å²) in [5.41, 5.74) is 0.611. The molecule has 0 aliphatic carbocycles. The Morgan fingerprint density at radius 2 is 2.46 bits per heavy atom. The van der Waals surface area contributed by atoms with Crippen molar-refractivity contribution >= 4 is 11.6 Å². The van der Waals surface area contributed by atoms with Gasteiger partial charge in [0.15, 0.2) is 5.76 Å². The summed E-state index contributed by atoms with van der Waals surface area (Å²) in [5.74, 6) is 0.614. The van der Waals surface area contributed by atoms with Gasteiger partial charge in [0, 0.05) is 5.92 Å². The van der Waals surface area contributed by atoms with Crippen LogP contribution in [0.15, 0.2) is 23.4 Å². The van der Waals surface area contributed by atoms with E-state index in [1.54, 1.807) is 0 Å². The number of nitrogens with one attached hydrogen (secondary N) is 1. The molecule has 0 unspecified atom stereocenters. The second-order valence-electron chi connectivity index (χ2n) is 2.95. The fraction of sp³-hybridized carbons (Fsp3) is 0.333. The maximum Gasteiger partial charge on any atom is 0.247 e. The van der Waals surface area contributed by atoms with Gasteiger partial charge < -0.3 is 9.84 Å². The van der Waals surface area contributed by atoms with E-state index >= 15 is 0 Å². The zero-order chi connectivity index (χ0) is 9.84. The van der Waals surface area contributed by atoms with Crippen LogP contribution in [-0.4, -0.2) is 11.1 Å². The van der Waals surface area contributed by atoms with Crippen molar-refractivity contribution in [2.75, 3.05) is 5.32 Å². The molecule has 0 radical (unpaired) electrons. The molecule has 4 heteroatoms. The van der Waals surface area contributed by atoms with Crippen LogP contribution in [0.1, 0.15) is 25.5 Å². The summed E-state index contributed by atoms with van der Waals surface area (Å²) >= 11 is 0. The molecule has 0 bridgehead atoms. The van der Waals surface area contributed by atoms with Crippen molar-refractivity contribution in [2.24, 2.45) is 0 Å². The van der Waals surface area contributed by atoms with Crippen LogP contribution < -0.4 is 5.32 Å². The monoisotopic (exact) mass is 180 g/mol. The lowest BCUT2D eigenvalue weighted by Crippen LogP contribution is -2.08. The van der Waals surface area contributed by atoms with E-state index in [2.05, 4.69) is 17.1 Å². The highest BCUT2D eigenvalue weighted by molar-refractivity contribution is 5.99. The molecule has 1 N–H and O–H groups in total. The van der Waals surface area contributed by atoms with Crippen LogP contribution in [0.25, 0.3) is 0 Å². The topological polar surface area (TPSA) is 55.1 Å². The van der Waals surface area contributed by atoms with Crippen LogP contribution in [0.3, 0.4) is 0 Å². The van der Waals surface area contributed by atoms with Crippen molar-refractivity contribution in [2.45, 2.75) is 19.8 Å². The third kappa shape index (κ3) is 2.18. The van der Waals surface area contributed by atoms with Gasteiger partial charge >= 0.3 is 0 Å². The third-order valence-corrected chi connectivity index (χ3v) is 1.57. The molecular formula is C9H12N2O2. The normalized spacial score (nSPS) is 10.1. The first-order valence-corrected chi connectivity index (χ1v) is 4.03. The number of amides is 1. The number of anilines is 1. The van der Waals surface area contributed by atoms with Gasteiger partial charge in [-0.1, -0.05) is 25.6 Å². The van der Waals surface area contributed by atoms with Crippen LogP contribution in [0.4, 0.5) is 5.69 Å². The van der Waals surface area contributed by atoms with E-state index < -0.39 is 0 Å². The van der Waals surface area contributed by atoms with Crippen LogP contribution in [0.2, 0.25) is 0 Å². The molecule has 1 aromatic rings. The molecule has 1 rings (SSSR count). The highest BCUT2D eigenvalue weighted by Crippen LogP contribution is 2.23. The van der Waals surface area contributed by atoms with Gasteiger partial charge in [-0.05, 0) is 6.08 Å². The van der Waals surface area contributed by atoms with Gasteiger partial charge in [0.05, 0.1) is 6.20 Å². The maximum atomic E-state index is 11.0. The van der Waals surface area contributed by atoms with E-state index in [0.717, 1.165) is 0 Å². The Kier molecular flexibility index (Phi) is 2.84. The standard InChI is InChI=1S/C9H12N2O2/c1-4-8(12)11-7-5-10-13-9(7)6(2)3/h4-6H,1H2,2-3H3,(H,11,12). The molecule has 0 spiro atoms. The number of hydrogen-bond donors (Lipinski definition) is 1. The first-order chi connectivity index (χ1) is 6.15. The van der Waals surface area contributed by atoms with Gasteiger partial charge in [0.2, 0.25) is 5.91 Å². The van der Waals surface area contributed by atoms with Crippen molar-refractivity contribution in [3.63, 3.8) is 0 Å². The van der Waals surface area contributed by atoms with Crippen LogP contribution in [-0.2, 0) is 4.79 Å². The highest BCUT2D eigenvalue weighted by Gasteiger charge is 2.12. The first kappa shape index (κ1) is 9.51. The molecule has 4 nitrogen and oxygen atoms in total. The molecule has 0 aliphatic rings. The summed E-state index contributed by atoms with van der Waals surface area (Å²) in [6, 6.07) is 0. The lowest BCUT2D eigenvalue weighted by molar-refractivity contribution is -0.111. The lowest BCUT2D eigenvalue weighted by atomic mass is 10.1. The fourth-order valence-electron chi connectivity index (χ4n) is 0.943. The second-order valence-corrected chi connectivity index (χ2v) is 2.95. The lowest BCUT2D eigenvalue weighted by Gasteiger charge is -2.03. The number of hydrogen-bond acceptors (Lipinski definition) is 3. The Labute approximate surface area is 76.6 Å². The Morgan fingerprint density at radius 3 is 3.00 bits per heavy atom. The minimum atomic E-state index is -0.259. The van der Waals surface area contributed by atoms with E-state index in [4.69, 9.17) is 4.52 Å². The second kappa shape index (κ2) is 3.89. The van der Waals surface area contributed by atoms with Gasteiger partial charge in [0.1, 0.15) is 5.69 Å². The molecule has 1 heterocycles. The molecule has 0 atom stereocenters. The predicted octanol–water partition coefficient (Wildman–Crippen LogP) is 1.92.